The normalized spacial score (nSPS) is 32.8. The van der Waals surface area contributed by atoms with Crippen LogP contribution in [0.3, 0.4) is 0 Å². The molecular weight excluding hydrogens is 200 g/mol. The van der Waals surface area contributed by atoms with Crippen LogP contribution in [0, 0.1) is 11.8 Å². The molecule has 3 unspecified atom stereocenters. The fourth-order valence-corrected chi connectivity index (χ4v) is 3.65. The van der Waals surface area contributed by atoms with Crippen molar-refractivity contribution in [3.63, 3.8) is 0 Å². The van der Waals surface area contributed by atoms with Gasteiger partial charge in [-0.15, -0.1) is 0 Å². The molecule has 2 rings (SSSR count). The molecule has 1 spiro atoms. The Morgan fingerprint density at radius 1 is 1.31 bits per heavy atom. The van der Waals surface area contributed by atoms with Gasteiger partial charge in [0, 0.05) is 6.61 Å². The molecule has 2 heteroatoms. The summed E-state index contributed by atoms with van der Waals surface area (Å²) in [6.07, 6.45) is 8.44. The van der Waals surface area contributed by atoms with E-state index in [4.69, 9.17) is 4.74 Å². The second-order valence-corrected chi connectivity index (χ2v) is 6.05. The van der Waals surface area contributed by atoms with E-state index in [1.54, 1.807) is 0 Å². The maximum absolute atomic E-state index is 9.48. The van der Waals surface area contributed by atoms with Crippen molar-refractivity contribution < 1.29 is 9.84 Å². The van der Waals surface area contributed by atoms with Crippen molar-refractivity contribution in [2.45, 2.75) is 70.5 Å². The zero-order valence-corrected chi connectivity index (χ0v) is 10.7. The van der Waals surface area contributed by atoms with Crippen LogP contribution in [0.2, 0.25) is 0 Å². The van der Waals surface area contributed by atoms with Crippen LogP contribution in [0.15, 0.2) is 0 Å². The van der Waals surface area contributed by atoms with E-state index in [-0.39, 0.29) is 11.7 Å². The van der Waals surface area contributed by atoms with Gasteiger partial charge in [0.15, 0.2) is 0 Å². The molecule has 0 aromatic carbocycles. The van der Waals surface area contributed by atoms with E-state index < -0.39 is 0 Å². The van der Waals surface area contributed by atoms with E-state index in [9.17, 15) is 5.11 Å². The number of hydrogen-bond acceptors (Lipinski definition) is 2. The van der Waals surface area contributed by atoms with Crippen LogP contribution in [0.1, 0.15) is 58.8 Å². The Hall–Kier alpha value is -0.0800. The van der Waals surface area contributed by atoms with Crippen LogP contribution >= 0.6 is 0 Å². The van der Waals surface area contributed by atoms with E-state index >= 15 is 0 Å². The summed E-state index contributed by atoms with van der Waals surface area (Å²) in [7, 11) is 0. The third-order valence-electron chi connectivity index (χ3n) is 4.56. The van der Waals surface area contributed by atoms with Gasteiger partial charge in [-0.25, -0.2) is 0 Å². The molecule has 2 nitrogen and oxygen atoms in total. The third-order valence-corrected chi connectivity index (χ3v) is 4.56. The number of aliphatic hydroxyl groups excluding tert-OH is 1. The van der Waals surface area contributed by atoms with Gasteiger partial charge in [-0.05, 0) is 50.9 Å². The predicted molar refractivity (Wildman–Crippen MR) is 65.3 cm³/mol. The van der Waals surface area contributed by atoms with Gasteiger partial charge in [-0.2, -0.15) is 0 Å². The second kappa shape index (κ2) is 5.05. The van der Waals surface area contributed by atoms with Gasteiger partial charge in [0.2, 0.25) is 0 Å². The van der Waals surface area contributed by atoms with Crippen molar-refractivity contribution in [3.05, 3.63) is 0 Å². The van der Waals surface area contributed by atoms with Crippen LogP contribution in [-0.4, -0.2) is 23.4 Å². The van der Waals surface area contributed by atoms with Gasteiger partial charge in [-0.3, -0.25) is 0 Å². The summed E-state index contributed by atoms with van der Waals surface area (Å²) in [5.74, 6) is 1.41. The molecule has 16 heavy (non-hydrogen) atoms. The SMILES string of the molecule is CC(O)CC(C)C1CCOC2(CCCC2)C1. The maximum Gasteiger partial charge on any atom is 0.0685 e. The van der Waals surface area contributed by atoms with Gasteiger partial charge in [0.1, 0.15) is 0 Å². The first-order chi connectivity index (χ1) is 7.61. The largest absolute Gasteiger partial charge is 0.393 e. The molecular formula is C14H26O2. The molecule has 1 N–H and O–H groups in total. The summed E-state index contributed by atoms with van der Waals surface area (Å²) >= 11 is 0. The molecule has 0 aromatic heterocycles. The number of hydrogen-bond donors (Lipinski definition) is 1. The third kappa shape index (κ3) is 2.78. The van der Waals surface area contributed by atoms with E-state index in [1.165, 1.54) is 38.5 Å². The molecule has 2 aliphatic rings. The summed E-state index contributed by atoms with van der Waals surface area (Å²) in [4.78, 5) is 0. The number of rotatable bonds is 3. The van der Waals surface area contributed by atoms with Crippen molar-refractivity contribution >= 4 is 0 Å². The first-order valence-corrected chi connectivity index (χ1v) is 6.93. The molecule has 1 heterocycles. The lowest BCUT2D eigenvalue weighted by molar-refractivity contribution is -0.103. The quantitative estimate of drug-likeness (QED) is 0.801. The Kier molecular flexibility index (Phi) is 3.91. The van der Waals surface area contributed by atoms with E-state index in [2.05, 4.69) is 6.92 Å². The zero-order chi connectivity index (χ0) is 11.6. The highest BCUT2D eigenvalue weighted by Gasteiger charge is 2.41. The topological polar surface area (TPSA) is 29.5 Å². The van der Waals surface area contributed by atoms with Crippen molar-refractivity contribution in [1.29, 1.82) is 0 Å². The molecule has 3 atom stereocenters. The summed E-state index contributed by atoms with van der Waals surface area (Å²) in [5.41, 5.74) is 0.232. The molecule has 1 saturated carbocycles. The highest BCUT2D eigenvalue weighted by molar-refractivity contribution is 4.92. The summed E-state index contributed by atoms with van der Waals surface area (Å²) in [6.45, 7) is 5.14. The number of ether oxygens (including phenoxy) is 1. The smallest absolute Gasteiger partial charge is 0.0685 e. The maximum atomic E-state index is 9.48. The number of aliphatic hydroxyl groups is 1. The first kappa shape index (κ1) is 12.4. The molecule has 1 aliphatic heterocycles. The Bertz CT molecular complexity index is 219. The Morgan fingerprint density at radius 2 is 2.00 bits per heavy atom. The summed E-state index contributed by atoms with van der Waals surface area (Å²) < 4.78 is 6.05. The molecule has 0 radical (unpaired) electrons. The highest BCUT2D eigenvalue weighted by Crippen LogP contribution is 2.44. The molecule has 2 fully saturated rings. The fourth-order valence-electron chi connectivity index (χ4n) is 3.65. The van der Waals surface area contributed by atoms with Crippen LogP contribution in [-0.2, 0) is 4.74 Å². The Balaban J connectivity index is 1.90. The highest BCUT2D eigenvalue weighted by atomic mass is 16.5. The molecule has 1 saturated heterocycles. The lowest BCUT2D eigenvalue weighted by atomic mass is 9.76. The molecule has 0 aromatic rings. The van der Waals surface area contributed by atoms with Gasteiger partial charge < -0.3 is 9.84 Å². The van der Waals surface area contributed by atoms with Gasteiger partial charge in [0.05, 0.1) is 11.7 Å². The first-order valence-electron chi connectivity index (χ1n) is 6.93. The summed E-state index contributed by atoms with van der Waals surface area (Å²) in [5, 5.41) is 9.48. The molecule has 94 valence electrons. The van der Waals surface area contributed by atoms with E-state index in [1.807, 2.05) is 6.92 Å². The summed E-state index contributed by atoms with van der Waals surface area (Å²) in [6, 6.07) is 0. The lowest BCUT2D eigenvalue weighted by Crippen LogP contribution is -2.39. The Labute approximate surface area is 99.4 Å². The van der Waals surface area contributed by atoms with Gasteiger partial charge in [0.25, 0.3) is 0 Å². The van der Waals surface area contributed by atoms with Crippen molar-refractivity contribution in [2.75, 3.05) is 6.61 Å². The van der Waals surface area contributed by atoms with Crippen molar-refractivity contribution in [2.24, 2.45) is 11.8 Å². The average Bonchev–Trinajstić information content (AvgIpc) is 2.65. The van der Waals surface area contributed by atoms with Crippen molar-refractivity contribution in [1.82, 2.24) is 0 Å². The minimum atomic E-state index is -0.155. The zero-order valence-electron chi connectivity index (χ0n) is 10.7. The van der Waals surface area contributed by atoms with Crippen LogP contribution in [0.5, 0.6) is 0 Å². The second-order valence-electron chi connectivity index (χ2n) is 6.05. The van der Waals surface area contributed by atoms with Gasteiger partial charge >= 0.3 is 0 Å². The van der Waals surface area contributed by atoms with Gasteiger partial charge in [-0.1, -0.05) is 19.8 Å². The van der Waals surface area contributed by atoms with Crippen LogP contribution in [0.4, 0.5) is 0 Å². The Morgan fingerprint density at radius 3 is 2.62 bits per heavy atom. The lowest BCUT2D eigenvalue weighted by Gasteiger charge is -2.40. The average molecular weight is 226 g/mol. The minimum Gasteiger partial charge on any atom is -0.393 e. The van der Waals surface area contributed by atoms with E-state index in [0.717, 1.165) is 18.9 Å². The molecule has 1 aliphatic carbocycles. The predicted octanol–water partition coefficient (Wildman–Crippen LogP) is 3.13. The fraction of sp³-hybridized carbons (Fsp3) is 1.00. The van der Waals surface area contributed by atoms with Crippen molar-refractivity contribution in [3.8, 4) is 0 Å². The molecule has 0 amide bonds. The van der Waals surface area contributed by atoms with Crippen LogP contribution in [0.25, 0.3) is 0 Å². The minimum absolute atomic E-state index is 0.155. The van der Waals surface area contributed by atoms with Crippen LogP contribution < -0.4 is 0 Å². The van der Waals surface area contributed by atoms with E-state index in [0.29, 0.717) is 5.92 Å². The standard InChI is InChI=1S/C14H26O2/c1-11(9-12(2)15)13-5-8-16-14(10-13)6-3-4-7-14/h11-13,15H,3-10H2,1-2H3. The molecule has 0 bridgehead atoms. The monoisotopic (exact) mass is 226 g/mol.